The van der Waals surface area contributed by atoms with Gasteiger partial charge in [-0.15, -0.1) is 0 Å². The molecule has 0 unspecified atom stereocenters. The molecule has 1 aliphatic heterocycles. The summed E-state index contributed by atoms with van der Waals surface area (Å²) >= 11 is 0. The molecule has 116 valence electrons. The molecule has 2 aromatic rings. The maximum Gasteiger partial charge on any atom is 0.494 e. The van der Waals surface area contributed by atoms with Gasteiger partial charge in [0.05, 0.1) is 22.6 Å². The lowest BCUT2D eigenvalue weighted by molar-refractivity contribution is 0.00578. The van der Waals surface area contributed by atoms with E-state index < -0.39 is 0 Å². The topological polar surface area (TPSA) is 36.3 Å². The lowest BCUT2D eigenvalue weighted by Crippen LogP contribution is -2.41. The lowest BCUT2D eigenvalue weighted by atomic mass is 9.78. The zero-order valence-corrected chi connectivity index (χ0v) is 14.2. The Hall–Kier alpha value is -1.59. The Labute approximate surface area is 132 Å². The van der Waals surface area contributed by atoms with Crippen molar-refractivity contribution in [2.24, 2.45) is 0 Å². The molecule has 3 rings (SSSR count). The molecule has 5 heteroatoms. The van der Waals surface area contributed by atoms with E-state index in [0.29, 0.717) is 0 Å². The second-order valence-electron chi connectivity index (χ2n) is 7.04. The van der Waals surface area contributed by atoms with Crippen molar-refractivity contribution in [2.75, 3.05) is 0 Å². The van der Waals surface area contributed by atoms with Crippen molar-refractivity contribution in [3.8, 4) is 5.69 Å². The fourth-order valence-corrected chi connectivity index (χ4v) is 2.61. The van der Waals surface area contributed by atoms with Gasteiger partial charge in [0.25, 0.3) is 0 Å². The molecule has 2 heterocycles. The molecule has 1 fully saturated rings. The minimum absolute atomic E-state index is 0.316. The number of aryl methyl sites for hydroxylation is 2. The summed E-state index contributed by atoms with van der Waals surface area (Å²) in [6.45, 7) is 12.4. The van der Waals surface area contributed by atoms with Gasteiger partial charge in [0.2, 0.25) is 0 Å². The van der Waals surface area contributed by atoms with Crippen LogP contribution in [0.5, 0.6) is 0 Å². The van der Waals surface area contributed by atoms with Gasteiger partial charge in [-0.05, 0) is 64.7 Å². The highest BCUT2D eigenvalue weighted by atomic mass is 16.7. The molecule has 0 atom stereocenters. The van der Waals surface area contributed by atoms with Gasteiger partial charge in [0.15, 0.2) is 0 Å². The molecule has 0 radical (unpaired) electrons. The SMILES string of the molecule is Cc1ccn(-c2ccc(B3OC(C)(C)C(C)(C)O3)cc2C)n1. The number of nitrogens with zero attached hydrogens (tertiary/aromatic N) is 2. The van der Waals surface area contributed by atoms with Gasteiger partial charge in [-0.1, -0.05) is 12.1 Å². The number of benzene rings is 1. The molecule has 0 spiro atoms. The standard InChI is InChI=1S/C17H23BN2O2/c1-12-11-14(18-21-16(3,4)17(5,6)22-18)7-8-15(12)20-10-9-13(2)19-20/h7-11H,1-6H3. The van der Waals surface area contributed by atoms with Crippen LogP contribution in [0.2, 0.25) is 0 Å². The summed E-state index contributed by atoms with van der Waals surface area (Å²) in [5.41, 5.74) is 3.65. The van der Waals surface area contributed by atoms with Gasteiger partial charge in [-0.25, -0.2) is 4.68 Å². The Bertz CT molecular complexity index is 690. The molecule has 1 aromatic heterocycles. The molecule has 0 bridgehead atoms. The highest BCUT2D eigenvalue weighted by molar-refractivity contribution is 6.62. The van der Waals surface area contributed by atoms with E-state index in [0.717, 1.165) is 22.4 Å². The van der Waals surface area contributed by atoms with Crippen LogP contribution < -0.4 is 5.46 Å². The molecule has 1 aliphatic rings. The van der Waals surface area contributed by atoms with E-state index in [1.54, 1.807) is 0 Å². The average Bonchev–Trinajstić information content (AvgIpc) is 2.91. The van der Waals surface area contributed by atoms with Crippen LogP contribution in [0.3, 0.4) is 0 Å². The Balaban J connectivity index is 1.90. The van der Waals surface area contributed by atoms with Crippen molar-refractivity contribution in [2.45, 2.75) is 52.7 Å². The monoisotopic (exact) mass is 298 g/mol. The molecular weight excluding hydrogens is 275 g/mol. The molecule has 0 N–H and O–H groups in total. The third kappa shape index (κ3) is 2.48. The van der Waals surface area contributed by atoms with Gasteiger partial charge in [-0.3, -0.25) is 0 Å². The quantitative estimate of drug-likeness (QED) is 0.800. The first-order chi connectivity index (χ1) is 10.2. The number of rotatable bonds is 2. The van der Waals surface area contributed by atoms with Crippen molar-refractivity contribution >= 4 is 12.6 Å². The first kappa shape index (κ1) is 15.3. The molecule has 0 saturated carbocycles. The molecule has 0 amide bonds. The van der Waals surface area contributed by atoms with Crippen LogP contribution in [-0.4, -0.2) is 28.1 Å². The van der Waals surface area contributed by atoms with Crippen molar-refractivity contribution < 1.29 is 9.31 Å². The summed E-state index contributed by atoms with van der Waals surface area (Å²) in [6, 6.07) is 8.25. The van der Waals surface area contributed by atoms with Crippen LogP contribution in [0.1, 0.15) is 39.0 Å². The fourth-order valence-electron chi connectivity index (χ4n) is 2.61. The van der Waals surface area contributed by atoms with Crippen LogP contribution in [0.4, 0.5) is 0 Å². The summed E-state index contributed by atoms with van der Waals surface area (Å²) in [5.74, 6) is 0. The minimum Gasteiger partial charge on any atom is -0.399 e. The van der Waals surface area contributed by atoms with Crippen molar-refractivity contribution in [3.63, 3.8) is 0 Å². The summed E-state index contributed by atoms with van der Waals surface area (Å²) < 4.78 is 14.1. The third-order valence-corrected chi connectivity index (χ3v) is 4.72. The third-order valence-electron chi connectivity index (χ3n) is 4.72. The molecule has 1 saturated heterocycles. The van der Waals surface area contributed by atoms with Crippen LogP contribution in [0.15, 0.2) is 30.5 Å². The van der Waals surface area contributed by atoms with Crippen LogP contribution in [-0.2, 0) is 9.31 Å². The second-order valence-corrected chi connectivity index (χ2v) is 7.04. The van der Waals surface area contributed by atoms with Gasteiger partial charge in [-0.2, -0.15) is 5.10 Å². The van der Waals surface area contributed by atoms with Gasteiger partial charge in [0, 0.05) is 6.20 Å². The molecule has 4 nitrogen and oxygen atoms in total. The van der Waals surface area contributed by atoms with Crippen molar-refractivity contribution in [3.05, 3.63) is 41.7 Å². The lowest BCUT2D eigenvalue weighted by Gasteiger charge is -2.32. The summed E-state index contributed by atoms with van der Waals surface area (Å²) in [4.78, 5) is 0. The van der Waals surface area contributed by atoms with Crippen LogP contribution >= 0.6 is 0 Å². The molecule has 0 aliphatic carbocycles. The number of hydrogen-bond acceptors (Lipinski definition) is 3. The summed E-state index contributed by atoms with van der Waals surface area (Å²) in [7, 11) is -0.322. The van der Waals surface area contributed by atoms with Gasteiger partial charge < -0.3 is 9.31 Å². The Morgan fingerprint density at radius 1 is 1.00 bits per heavy atom. The zero-order valence-electron chi connectivity index (χ0n) is 14.2. The summed E-state index contributed by atoms with van der Waals surface area (Å²) in [6.07, 6.45) is 1.98. The Kier molecular flexibility index (Phi) is 3.46. The predicted molar refractivity (Wildman–Crippen MR) is 88.8 cm³/mol. The highest BCUT2D eigenvalue weighted by Crippen LogP contribution is 2.36. The smallest absolute Gasteiger partial charge is 0.399 e. The fraction of sp³-hybridized carbons (Fsp3) is 0.471. The zero-order chi connectivity index (χ0) is 16.1. The average molecular weight is 298 g/mol. The highest BCUT2D eigenvalue weighted by Gasteiger charge is 2.51. The van der Waals surface area contributed by atoms with Crippen LogP contribution in [0.25, 0.3) is 5.69 Å². The van der Waals surface area contributed by atoms with Crippen LogP contribution in [0, 0.1) is 13.8 Å². The summed E-state index contributed by atoms with van der Waals surface area (Å²) in [5, 5.41) is 4.47. The largest absolute Gasteiger partial charge is 0.494 e. The van der Waals surface area contributed by atoms with E-state index >= 15 is 0 Å². The molecule has 1 aromatic carbocycles. The maximum atomic E-state index is 6.11. The van der Waals surface area contributed by atoms with E-state index in [-0.39, 0.29) is 18.3 Å². The van der Waals surface area contributed by atoms with Crippen molar-refractivity contribution in [1.29, 1.82) is 0 Å². The predicted octanol–water partition coefficient (Wildman–Crippen LogP) is 2.79. The normalized spacial score (nSPS) is 19.6. The van der Waals surface area contributed by atoms with E-state index in [4.69, 9.17) is 9.31 Å². The molecular formula is C17H23BN2O2. The number of hydrogen-bond donors (Lipinski definition) is 0. The van der Waals surface area contributed by atoms with E-state index in [9.17, 15) is 0 Å². The first-order valence-corrected chi connectivity index (χ1v) is 7.68. The van der Waals surface area contributed by atoms with E-state index in [1.165, 1.54) is 0 Å². The Morgan fingerprint density at radius 3 is 2.14 bits per heavy atom. The van der Waals surface area contributed by atoms with Gasteiger partial charge >= 0.3 is 7.12 Å². The second kappa shape index (κ2) is 4.96. The van der Waals surface area contributed by atoms with Crippen molar-refractivity contribution in [1.82, 2.24) is 9.78 Å². The van der Waals surface area contributed by atoms with Gasteiger partial charge in [0.1, 0.15) is 0 Å². The Morgan fingerprint density at radius 2 is 1.64 bits per heavy atom. The molecule has 22 heavy (non-hydrogen) atoms. The first-order valence-electron chi connectivity index (χ1n) is 7.68. The maximum absolute atomic E-state index is 6.11. The number of aromatic nitrogens is 2. The van der Waals surface area contributed by atoms with E-state index in [1.807, 2.05) is 23.9 Å². The minimum atomic E-state index is -0.322. The van der Waals surface area contributed by atoms with E-state index in [2.05, 4.69) is 57.9 Å².